The van der Waals surface area contributed by atoms with Gasteiger partial charge in [0.1, 0.15) is 6.61 Å². The largest absolute Gasteiger partial charge is 0.448 e. The normalized spacial score (nSPS) is 12.4. The van der Waals surface area contributed by atoms with Gasteiger partial charge in [-0.25, -0.2) is 4.79 Å². The molecule has 0 unspecified atom stereocenters. The van der Waals surface area contributed by atoms with Crippen LogP contribution in [-0.4, -0.2) is 12.7 Å². The molecule has 0 radical (unpaired) electrons. The average molecular weight is 419 g/mol. The van der Waals surface area contributed by atoms with Crippen molar-refractivity contribution < 1.29 is 9.53 Å². The topological polar surface area (TPSA) is 64.3 Å². The van der Waals surface area contributed by atoms with Crippen LogP contribution < -0.4 is 11.1 Å². The molecule has 0 spiro atoms. The third-order valence-corrected chi connectivity index (χ3v) is 6.81. The molecule has 30 heavy (non-hydrogen) atoms. The van der Waals surface area contributed by atoms with Gasteiger partial charge in [-0.2, -0.15) is 0 Å². The van der Waals surface area contributed by atoms with Gasteiger partial charge in [-0.15, -0.1) is 12.6 Å². The van der Waals surface area contributed by atoms with Gasteiger partial charge in [0.25, 0.3) is 0 Å². The van der Waals surface area contributed by atoms with Crippen molar-refractivity contribution >= 4 is 24.4 Å². The Morgan fingerprint density at radius 1 is 0.967 bits per heavy atom. The number of thiol groups is 1. The zero-order valence-electron chi connectivity index (χ0n) is 17.5. The molecule has 0 saturated carbocycles. The lowest BCUT2D eigenvalue weighted by Crippen LogP contribution is -2.20. The second kappa shape index (κ2) is 8.17. The van der Waals surface area contributed by atoms with Crippen LogP contribution in [0.25, 0.3) is 11.1 Å². The predicted octanol–water partition coefficient (Wildman–Crippen LogP) is 5.72. The van der Waals surface area contributed by atoms with E-state index in [9.17, 15) is 4.79 Å². The average Bonchev–Trinajstić information content (AvgIpc) is 3.08. The van der Waals surface area contributed by atoms with Crippen LogP contribution in [0.1, 0.15) is 39.3 Å². The third-order valence-electron chi connectivity index (χ3n) is 6.14. The summed E-state index contributed by atoms with van der Waals surface area (Å²) in [4.78, 5) is 13.5. The maximum atomic E-state index is 12.7. The number of rotatable bonds is 4. The van der Waals surface area contributed by atoms with E-state index in [-0.39, 0.29) is 12.5 Å². The van der Waals surface area contributed by atoms with Crippen molar-refractivity contribution in [3.8, 4) is 11.1 Å². The van der Waals surface area contributed by atoms with Crippen molar-refractivity contribution in [2.45, 2.75) is 38.1 Å². The zero-order valence-corrected chi connectivity index (χ0v) is 18.3. The second-order valence-electron chi connectivity index (χ2n) is 7.73. The van der Waals surface area contributed by atoms with Crippen molar-refractivity contribution in [2.24, 2.45) is 5.73 Å². The first-order valence-corrected chi connectivity index (χ1v) is 10.5. The molecule has 0 bridgehead atoms. The minimum atomic E-state index is -0.470. The number of hydrogen-bond donors (Lipinski definition) is 3. The Labute approximate surface area is 182 Å². The molecule has 3 aromatic carbocycles. The minimum Gasteiger partial charge on any atom is -0.448 e. The first-order chi connectivity index (χ1) is 14.4. The molecular formula is C25H26N2O2S. The molecule has 4 nitrogen and oxygen atoms in total. The fourth-order valence-electron chi connectivity index (χ4n) is 4.49. The molecule has 3 N–H and O–H groups in total. The first kappa shape index (κ1) is 20.5. The fourth-order valence-corrected chi connectivity index (χ4v) is 4.73. The number of amides is 1. The maximum absolute atomic E-state index is 12.7. The van der Waals surface area contributed by atoms with Crippen molar-refractivity contribution in [2.75, 3.05) is 11.9 Å². The highest BCUT2D eigenvalue weighted by molar-refractivity contribution is 7.80. The number of nitrogens with two attached hydrogens (primary N) is 1. The van der Waals surface area contributed by atoms with Gasteiger partial charge in [0.05, 0.1) is 5.69 Å². The monoisotopic (exact) mass is 418 g/mol. The Bertz CT molecular complexity index is 1090. The van der Waals surface area contributed by atoms with Crippen LogP contribution in [0.5, 0.6) is 0 Å². The smallest absolute Gasteiger partial charge is 0.411 e. The number of benzene rings is 3. The number of ether oxygens (including phenoxy) is 1. The molecule has 5 heteroatoms. The summed E-state index contributed by atoms with van der Waals surface area (Å²) in [6, 6.07) is 16.6. The maximum Gasteiger partial charge on any atom is 0.411 e. The highest BCUT2D eigenvalue weighted by atomic mass is 32.1. The predicted molar refractivity (Wildman–Crippen MR) is 124 cm³/mol. The standard InChI is InChI=1S/C25H26N2O2S/c1-14-21(12-26)15(2)24(30)16(3)23(14)27-25(28)29-13-22-19-10-6-4-8-17(19)18-9-5-7-11-20(18)22/h4-11,22,30H,12-13,26H2,1-3H3,(H,27,28). The number of hydrogen-bond acceptors (Lipinski definition) is 4. The minimum absolute atomic E-state index is 0.0309. The Balaban J connectivity index is 1.55. The van der Waals surface area contributed by atoms with E-state index >= 15 is 0 Å². The van der Waals surface area contributed by atoms with Crippen molar-refractivity contribution in [1.82, 2.24) is 0 Å². The molecule has 3 aromatic rings. The van der Waals surface area contributed by atoms with Crippen molar-refractivity contribution in [3.63, 3.8) is 0 Å². The van der Waals surface area contributed by atoms with E-state index in [4.69, 9.17) is 10.5 Å². The van der Waals surface area contributed by atoms with E-state index in [1.807, 2.05) is 45.0 Å². The van der Waals surface area contributed by atoms with Crippen LogP contribution in [0.4, 0.5) is 10.5 Å². The molecule has 0 aromatic heterocycles. The molecule has 0 saturated heterocycles. The van der Waals surface area contributed by atoms with E-state index < -0.39 is 6.09 Å². The summed E-state index contributed by atoms with van der Waals surface area (Å²) in [6.07, 6.45) is -0.470. The highest BCUT2D eigenvalue weighted by Gasteiger charge is 2.29. The molecule has 0 fully saturated rings. The van der Waals surface area contributed by atoms with Crippen LogP contribution in [0.3, 0.4) is 0 Å². The fraction of sp³-hybridized carbons (Fsp3) is 0.240. The van der Waals surface area contributed by atoms with Crippen LogP contribution in [0.15, 0.2) is 53.4 Å². The first-order valence-electron chi connectivity index (χ1n) is 10.1. The van der Waals surface area contributed by atoms with Crippen LogP contribution in [0.2, 0.25) is 0 Å². The summed E-state index contributed by atoms with van der Waals surface area (Å²) in [7, 11) is 0. The van der Waals surface area contributed by atoms with Gasteiger partial charge < -0.3 is 10.5 Å². The molecule has 1 amide bonds. The third kappa shape index (κ3) is 3.38. The molecule has 154 valence electrons. The lowest BCUT2D eigenvalue weighted by Gasteiger charge is -2.20. The van der Waals surface area contributed by atoms with Gasteiger partial charge in [0.2, 0.25) is 0 Å². The molecule has 0 heterocycles. The van der Waals surface area contributed by atoms with Gasteiger partial charge in [0, 0.05) is 17.4 Å². The lowest BCUT2D eigenvalue weighted by molar-refractivity contribution is 0.158. The Kier molecular flexibility index (Phi) is 5.58. The number of fused-ring (bicyclic) bond motifs is 3. The van der Waals surface area contributed by atoms with E-state index in [1.54, 1.807) is 0 Å². The summed E-state index contributed by atoms with van der Waals surface area (Å²) < 4.78 is 5.69. The molecular weight excluding hydrogens is 392 g/mol. The molecule has 1 aliphatic rings. The Morgan fingerprint density at radius 3 is 2.10 bits per heavy atom. The van der Waals surface area contributed by atoms with Gasteiger partial charge >= 0.3 is 6.09 Å². The Morgan fingerprint density at radius 2 is 1.53 bits per heavy atom. The molecule has 0 aliphatic heterocycles. The summed E-state index contributed by atoms with van der Waals surface area (Å²) >= 11 is 4.61. The van der Waals surface area contributed by atoms with Crippen molar-refractivity contribution in [1.29, 1.82) is 0 Å². The van der Waals surface area contributed by atoms with Crippen molar-refractivity contribution in [3.05, 3.63) is 81.9 Å². The quantitative estimate of drug-likeness (QED) is 0.475. The Hall–Kier alpha value is -2.76. The van der Waals surface area contributed by atoms with E-state index in [1.165, 1.54) is 22.3 Å². The van der Waals surface area contributed by atoms with Crippen LogP contribution in [0, 0.1) is 20.8 Å². The lowest BCUT2D eigenvalue weighted by atomic mass is 9.97. The van der Waals surface area contributed by atoms with Gasteiger partial charge in [-0.05, 0) is 65.3 Å². The number of carbonyl (C=O) groups is 1. The molecule has 4 rings (SSSR count). The van der Waals surface area contributed by atoms with Crippen LogP contribution >= 0.6 is 12.6 Å². The molecule has 1 aliphatic carbocycles. The number of carbonyl (C=O) groups excluding carboxylic acids is 1. The van der Waals surface area contributed by atoms with Crippen LogP contribution in [-0.2, 0) is 11.3 Å². The van der Waals surface area contributed by atoms with E-state index in [0.29, 0.717) is 6.54 Å². The van der Waals surface area contributed by atoms with E-state index in [2.05, 4.69) is 42.2 Å². The van der Waals surface area contributed by atoms with Gasteiger partial charge in [-0.1, -0.05) is 48.5 Å². The van der Waals surface area contributed by atoms with Gasteiger partial charge in [0.15, 0.2) is 0 Å². The van der Waals surface area contributed by atoms with E-state index in [0.717, 1.165) is 32.8 Å². The SMILES string of the molecule is Cc1c(S)c(C)c(NC(=O)OCC2c3ccccc3-c3ccccc32)c(C)c1CN. The highest BCUT2D eigenvalue weighted by Crippen LogP contribution is 2.44. The summed E-state index contributed by atoms with van der Waals surface area (Å²) in [5.41, 5.74) is 15.4. The summed E-state index contributed by atoms with van der Waals surface area (Å²) in [6.45, 7) is 6.59. The summed E-state index contributed by atoms with van der Waals surface area (Å²) in [5, 5.41) is 2.93. The summed E-state index contributed by atoms with van der Waals surface area (Å²) in [5.74, 6) is 0.0309. The number of nitrogens with one attached hydrogen (secondary N) is 1. The number of anilines is 1. The second-order valence-corrected chi connectivity index (χ2v) is 8.18. The molecule has 0 atom stereocenters. The zero-order chi connectivity index (χ0) is 21.4. The van der Waals surface area contributed by atoms with Gasteiger partial charge in [-0.3, -0.25) is 5.32 Å².